The van der Waals surface area contributed by atoms with Crippen molar-refractivity contribution in [1.82, 2.24) is 4.98 Å². The van der Waals surface area contributed by atoms with Gasteiger partial charge in [-0.1, -0.05) is 0 Å². The van der Waals surface area contributed by atoms with Crippen molar-refractivity contribution >= 4 is 11.6 Å². The lowest BCUT2D eigenvalue weighted by Gasteiger charge is -2.02. The van der Waals surface area contributed by atoms with Gasteiger partial charge in [-0.2, -0.15) is 0 Å². The van der Waals surface area contributed by atoms with Crippen LogP contribution in [0, 0.1) is 0 Å². The maximum Gasteiger partial charge on any atom is 0.292 e. The molecule has 0 fully saturated rings. The summed E-state index contributed by atoms with van der Waals surface area (Å²) in [6.45, 7) is 0.408. The SMILES string of the molecule is NCCC(O)c1coc(Cl)n1. The molecule has 11 heavy (non-hydrogen) atoms. The molecule has 1 rings (SSSR count). The summed E-state index contributed by atoms with van der Waals surface area (Å²) >= 11 is 5.38. The average Bonchev–Trinajstić information content (AvgIpc) is 2.36. The van der Waals surface area contributed by atoms with Gasteiger partial charge in [-0.05, 0) is 24.6 Å². The molecule has 0 aromatic carbocycles. The number of aliphatic hydroxyl groups is 1. The number of aromatic nitrogens is 1. The molecule has 0 aliphatic carbocycles. The Morgan fingerprint density at radius 1 is 1.82 bits per heavy atom. The first-order chi connectivity index (χ1) is 5.24. The van der Waals surface area contributed by atoms with Crippen LogP contribution in [-0.4, -0.2) is 16.6 Å². The van der Waals surface area contributed by atoms with Crippen LogP contribution in [0.1, 0.15) is 18.2 Å². The van der Waals surface area contributed by atoms with E-state index in [4.69, 9.17) is 17.3 Å². The van der Waals surface area contributed by atoms with Crippen LogP contribution in [0.5, 0.6) is 0 Å². The van der Waals surface area contributed by atoms with Crippen LogP contribution in [0.2, 0.25) is 5.35 Å². The topological polar surface area (TPSA) is 72.3 Å². The molecule has 0 aliphatic rings. The fourth-order valence-corrected chi connectivity index (χ4v) is 0.864. The van der Waals surface area contributed by atoms with Gasteiger partial charge >= 0.3 is 0 Å². The first kappa shape index (κ1) is 8.52. The number of oxazole rings is 1. The van der Waals surface area contributed by atoms with Gasteiger partial charge in [-0.3, -0.25) is 0 Å². The molecule has 1 heterocycles. The van der Waals surface area contributed by atoms with Crippen molar-refractivity contribution in [1.29, 1.82) is 0 Å². The number of rotatable bonds is 3. The van der Waals surface area contributed by atoms with E-state index < -0.39 is 6.10 Å². The van der Waals surface area contributed by atoms with Gasteiger partial charge < -0.3 is 15.3 Å². The molecule has 5 heteroatoms. The lowest BCUT2D eigenvalue weighted by atomic mass is 10.2. The van der Waals surface area contributed by atoms with Crippen LogP contribution in [0.4, 0.5) is 0 Å². The van der Waals surface area contributed by atoms with Gasteiger partial charge in [0, 0.05) is 0 Å². The maximum absolute atomic E-state index is 9.27. The summed E-state index contributed by atoms with van der Waals surface area (Å²) in [5.41, 5.74) is 5.65. The van der Waals surface area contributed by atoms with Crippen LogP contribution in [0.15, 0.2) is 10.7 Å². The number of nitrogens with two attached hydrogens (primary N) is 1. The Labute approximate surface area is 69.0 Å². The highest BCUT2D eigenvalue weighted by atomic mass is 35.5. The minimum atomic E-state index is -0.670. The normalized spacial score (nSPS) is 13.4. The van der Waals surface area contributed by atoms with Gasteiger partial charge in [0.1, 0.15) is 18.1 Å². The second-order valence-corrected chi connectivity index (χ2v) is 2.44. The number of hydrogen-bond acceptors (Lipinski definition) is 4. The summed E-state index contributed by atoms with van der Waals surface area (Å²) in [6, 6.07) is 0. The van der Waals surface area contributed by atoms with Crippen molar-refractivity contribution in [3.63, 3.8) is 0 Å². The van der Waals surface area contributed by atoms with Crippen LogP contribution in [-0.2, 0) is 0 Å². The average molecular weight is 177 g/mol. The highest BCUT2D eigenvalue weighted by molar-refractivity contribution is 6.27. The number of nitrogens with zero attached hydrogens (tertiary/aromatic N) is 1. The molecule has 0 saturated heterocycles. The zero-order chi connectivity index (χ0) is 8.27. The fraction of sp³-hybridized carbons (Fsp3) is 0.500. The van der Waals surface area contributed by atoms with E-state index >= 15 is 0 Å². The molecule has 0 aliphatic heterocycles. The van der Waals surface area contributed by atoms with Crippen LogP contribution in [0.25, 0.3) is 0 Å². The largest absolute Gasteiger partial charge is 0.436 e. The van der Waals surface area contributed by atoms with E-state index in [2.05, 4.69) is 9.40 Å². The summed E-state index contributed by atoms with van der Waals surface area (Å²) in [6.07, 6.45) is 1.11. The molecular weight excluding hydrogens is 168 g/mol. The monoisotopic (exact) mass is 176 g/mol. The molecule has 0 saturated carbocycles. The minimum Gasteiger partial charge on any atom is -0.436 e. The van der Waals surface area contributed by atoms with E-state index in [-0.39, 0.29) is 5.35 Å². The van der Waals surface area contributed by atoms with Crippen LogP contribution < -0.4 is 5.73 Å². The maximum atomic E-state index is 9.27. The smallest absolute Gasteiger partial charge is 0.292 e. The predicted molar refractivity (Wildman–Crippen MR) is 40.1 cm³/mol. The Balaban J connectivity index is 2.60. The summed E-state index contributed by atoms with van der Waals surface area (Å²) < 4.78 is 4.69. The Morgan fingerprint density at radius 2 is 2.55 bits per heavy atom. The standard InChI is InChI=1S/C6H9ClN2O2/c7-6-9-4(3-11-6)5(10)1-2-8/h3,5,10H,1-2,8H2. The van der Waals surface area contributed by atoms with Gasteiger partial charge in [0.15, 0.2) is 0 Å². The molecular formula is C6H9ClN2O2. The summed E-state index contributed by atoms with van der Waals surface area (Å²) in [4.78, 5) is 3.72. The Bertz CT molecular complexity index is 226. The molecule has 0 amide bonds. The first-order valence-electron chi connectivity index (χ1n) is 3.23. The molecule has 1 aromatic heterocycles. The lowest BCUT2D eigenvalue weighted by Crippen LogP contribution is -2.06. The van der Waals surface area contributed by atoms with Crippen molar-refractivity contribution in [3.8, 4) is 0 Å². The van der Waals surface area contributed by atoms with Gasteiger partial charge in [0.2, 0.25) is 0 Å². The molecule has 4 nitrogen and oxygen atoms in total. The molecule has 3 N–H and O–H groups in total. The number of hydrogen-bond donors (Lipinski definition) is 2. The van der Waals surface area contributed by atoms with E-state index in [1.807, 2.05) is 0 Å². The third kappa shape index (κ3) is 2.18. The fourth-order valence-electron chi connectivity index (χ4n) is 0.722. The summed E-state index contributed by atoms with van der Waals surface area (Å²) in [5, 5.41) is 9.31. The Kier molecular flexibility index (Phi) is 2.87. The van der Waals surface area contributed by atoms with Gasteiger partial charge in [-0.25, -0.2) is 4.98 Å². The highest BCUT2D eigenvalue weighted by Crippen LogP contribution is 2.16. The van der Waals surface area contributed by atoms with E-state index in [1.165, 1.54) is 6.26 Å². The van der Waals surface area contributed by atoms with Gasteiger partial charge in [0.05, 0.1) is 0 Å². The first-order valence-corrected chi connectivity index (χ1v) is 3.61. The molecule has 1 aromatic rings. The van der Waals surface area contributed by atoms with E-state index in [0.717, 1.165) is 0 Å². The molecule has 0 spiro atoms. The molecule has 0 radical (unpaired) electrons. The third-order valence-electron chi connectivity index (χ3n) is 1.28. The second-order valence-electron chi connectivity index (χ2n) is 2.12. The van der Waals surface area contributed by atoms with Crippen molar-refractivity contribution in [3.05, 3.63) is 17.3 Å². The minimum absolute atomic E-state index is 0.0380. The van der Waals surface area contributed by atoms with Crippen molar-refractivity contribution in [2.75, 3.05) is 6.54 Å². The molecule has 1 unspecified atom stereocenters. The molecule has 62 valence electrons. The number of halogens is 1. The van der Waals surface area contributed by atoms with Gasteiger partial charge in [0.25, 0.3) is 5.35 Å². The Hall–Kier alpha value is -0.580. The van der Waals surface area contributed by atoms with Crippen molar-refractivity contribution in [2.45, 2.75) is 12.5 Å². The van der Waals surface area contributed by atoms with Crippen LogP contribution >= 0.6 is 11.6 Å². The van der Waals surface area contributed by atoms with Gasteiger partial charge in [-0.15, -0.1) is 0 Å². The third-order valence-corrected chi connectivity index (χ3v) is 1.45. The van der Waals surface area contributed by atoms with Crippen LogP contribution in [0.3, 0.4) is 0 Å². The summed E-state index contributed by atoms with van der Waals surface area (Å²) in [7, 11) is 0. The van der Waals surface area contributed by atoms with E-state index in [1.54, 1.807) is 0 Å². The van der Waals surface area contributed by atoms with E-state index in [0.29, 0.717) is 18.7 Å². The second kappa shape index (κ2) is 3.71. The molecule has 1 atom stereocenters. The Morgan fingerprint density at radius 3 is 3.00 bits per heavy atom. The lowest BCUT2D eigenvalue weighted by molar-refractivity contribution is 0.165. The number of aliphatic hydroxyl groups excluding tert-OH is 1. The van der Waals surface area contributed by atoms with Crippen molar-refractivity contribution < 1.29 is 9.52 Å². The highest BCUT2D eigenvalue weighted by Gasteiger charge is 2.10. The summed E-state index contributed by atoms with van der Waals surface area (Å²) in [5.74, 6) is 0. The van der Waals surface area contributed by atoms with Crippen molar-refractivity contribution in [2.24, 2.45) is 5.73 Å². The quantitative estimate of drug-likeness (QED) is 0.712. The zero-order valence-corrected chi connectivity index (χ0v) is 6.58. The zero-order valence-electron chi connectivity index (χ0n) is 5.83. The predicted octanol–water partition coefficient (Wildman–Crippen LogP) is 0.710. The molecule has 0 bridgehead atoms. The van der Waals surface area contributed by atoms with E-state index in [9.17, 15) is 5.11 Å².